The molecule has 3 N–H and O–H groups in total. The van der Waals surface area contributed by atoms with E-state index in [0.29, 0.717) is 6.04 Å². The third kappa shape index (κ3) is 5.59. The summed E-state index contributed by atoms with van der Waals surface area (Å²) < 4.78 is 0. The lowest BCUT2D eigenvalue weighted by molar-refractivity contribution is -0.125. The molecule has 0 radical (unpaired) electrons. The Morgan fingerprint density at radius 3 is 2.05 bits per heavy atom. The van der Waals surface area contributed by atoms with Gasteiger partial charge >= 0.3 is 0 Å². The summed E-state index contributed by atoms with van der Waals surface area (Å²) >= 11 is 0. The molecule has 2 unspecified atom stereocenters. The summed E-state index contributed by atoms with van der Waals surface area (Å²) in [6.07, 6.45) is 3.99. The Kier molecular flexibility index (Phi) is 6.28. The second-order valence-corrected chi connectivity index (χ2v) is 5.41. The normalized spacial score (nSPS) is 17.9. The van der Waals surface area contributed by atoms with Gasteiger partial charge in [-0.1, -0.05) is 13.8 Å². The van der Waals surface area contributed by atoms with Gasteiger partial charge < -0.3 is 10.6 Å². The van der Waals surface area contributed by atoms with E-state index in [9.17, 15) is 9.59 Å². The molecule has 0 spiro atoms. The zero-order valence-electron chi connectivity index (χ0n) is 12.5. The van der Waals surface area contributed by atoms with Gasteiger partial charge in [-0.2, -0.15) is 0 Å². The van der Waals surface area contributed by atoms with E-state index in [-0.39, 0.29) is 29.9 Å². The quantitative estimate of drug-likeness (QED) is 0.614. The van der Waals surface area contributed by atoms with Crippen LogP contribution in [0.5, 0.6) is 0 Å². The third-order valence-electron chi connectivity index (χ3n) is 3.54. The molecule has 5 heteroatoms. The van der Waals surface area contributed by atoms with Crippen LogP contribution in [-0.4, -0.2) is 36.0 Å². The average molecular weight is 269 g/mol. The molecule has 0 aromatic heterocycles. The van der Waals surface area contributed by atoms with E-state index in [1.807, 2.05) is 0 Å². The molecule has 110 valence electrons. The van der Waals surface area contributed by atoms with Gasteiger partial charge in [0.05, 0.1) is 12.1 Å². The van der Waals surface area contributed by atoms with Crippen LogP contribution in [0.25, 0.3) is 0 Å². The first-order chi connectivity index (χ1) is 8.97. The molecule has 0 aromatic rings. The van der Waals surface area contributed by atoms with Gasteiger partial charge in [0.1, 0.15) is 0 Å². The Balaban J connectivity index is 2.32. The van der Waals surface area contributed by atoms with Crippen LogP contribution in [0.2, 0.25) is 0 Å². The summed E-state index contributed by atoms with van der Waals surface area (Å²) in [5.41, 5.74) is 0. The first-order valence-corrected chi connectivity index (χ1v) is 7.34. The van der Waals surface area contributed by atoms with Crippen LogP contribution < -0.4 is 16.0 Å². The van der Waals surface area contributed by atoms with Crippen LogP contribution >= 0.6 is 0 Å². The number of rotatable bonds is 8. The lowest BCUT2D eigenvalue weighted by atomic mass is 10.1. The van der Waals surface area contributed by atoms with Crippen molar-refractivity contribution in [1.29, 1.82) is 0 Å². The van der Waals surface area contributed by atoms with Crippen molar-refractivity contribution in [2.45, 2.75) is 77.5 Å². The van der Waals surface area contributed by atoms with Crippen molar-refractivity contribution in [1.82, 2.24) is 16.0 Å². The molecule has 1 rings (SSSR count). The molecule has 1 aliphatic carbocycles. The Morgan fingerprint density at radius 1 is 1.05 bits per heavy atom. The molecule has 2 atom stereocenters. The predicted molar refractivity (Wildman–Crippen MR) is 75.7 cm³/mol. The van der Waals surface area contributed by atoms with E-state index in [4.69, 9.17) is 0 Å². The largest absolute Gasteiger partial charge is 0.352 e. The Morgan fingerprint density at radius 2 is 1.58 bits per heavy atom. The van der Waals surface area contributed by atoms with Gasteiger partial charge in [0.2, 0.25) is 11.8 Å². The average Bonchev–Trinajstić information content (AvgIpc) is 3.19. The van der Waals surface area contributed by atoms with Crippen LogP contribution in [-0.2, 0) is 9.59 Å². The maximum absolute atomic E-state index is 12.0. The van der Waals surface area contributed by atoms with Crippen LogP contribution in [0, 0.1) is 0 Å². The van der Waals surface area contributed by atoms with Gasteiger partial charge in [0.15, 0.2) is 0 Å². The van der Waals surface area contributed by atoms with Crippen molar-refractivity contribution in [3.8, 4) is 0 Å². The standard InChI is InChI=1S/C14H27N3O2/c1-5-11(6-2)16-13(18)9(3)15-10(4)14(19)17-12-7-8-12/h9-12,15H,5-8H2,1-4H3,(H,16,18)(H,17,19). The molecule has 1 saturated carbocycles. The molecule has 0 aromatic carbocycles. The molecule has 1 fully saturated rings. The summed E-state index contributed by atoms with van der Waals surface area (Å²) in [6, 6.07) is -0.138. The smallest absolute Gasteiger partial charge is 0.237 e. The van der Waals surface area contributed by atoms with Gasteiger partial charge in [-0.3, -0.25) is 14.9 Å². The van der Waals surface area contributed by atoms with Crippen molar-refractivity contribution < 1.29 is 9.59 Å². The highest BCUT2D eigenvalue weighted by molar-refractivity contribution is 5.85. The minimum atomic E-state index is -0.361. The van der Waals surface area contributed by atoms with E-state index in [0.717, 1.165) is 25.7 Å². The van der Waals surface area contributed by atoms with Crippen LogP contribution in [0.3, 0.4) is 0 Å². The van der Waals surface area contributed by atoms with Crippen molar-refractivity contribution >= 4 is 11.8 Å². The zero-order valence-corrected chi connectivity index (χ0v) is 12.5. The molecule has 2 amide bonds. The van der Waals surface area contributed by atoms with Crippen molar-refractivity contribution in [3.05, 3.63) is 0 Å². The number of carbonyl (C=O) groups is 2. The number of hydrogen-bond acceptors (Lipinski definition) is 3. The molecule has 0 bridgehead atoms. The van der Waals surface area contributed by atoms with Gasteiger partial charge in [0, 0.05) is 12.1 Å². The van der Waals surface area contributed by atoms with Gasteiger partial charge in [-0.25, -0.2) is 0 Å². The second-order valence-electron chi connectivity index (χ2n) is 5.41. The maximum Gasteiger partial charge on any atom is 0.237 e. The van der Waals surface area contributed by atoms with E-state index in [1.165, 1.54) is 0 Å². The summed E-state index contributed by atoms with van der Waals surface area (Å²) in [4.78, 5) is 23.7. The Labute approximate surface area is 115 Å². The van der Waals surface area contributed by atoms with E-state index < -0.39 is 0 Å². The van der Waals surface area contributed by atoms with Crippen molar-refractivity contribution in [3.63, 3.8) is 0 Å². The first kappa shape index (κ1) is 16.0. The Hall–Kier alpha value is -1.10. The van der Waals surface area contributed by atoms with E-state index in [1.54, 1.807) is 13.8 Å². The fraction of sp³-hybridized carbons (Fsp3) is 0.857. The predicted octanol–water partition coefficient (Wildman–Crippen LogP) is 0.936. The highest BCUT2D eigenvalue weighted by atomic mass is 16.2. The molecule has 1 aliphatic rings. The van der Waals surface area contributed by atoms with E-state index >= 15 is 0 Å². The van der Waals surface area contributed by atoms with Crippen LogP contribution in [0.1, 0.15) is 53.4 Å². The minimum absolute atomic E-state index is 0.0234. The van der Waals surface area contributed by atoms with E-state index in [2.05, 4.69) is 29.8 Å². The van der Waals surface area contributed by atoms with Gasteiger partial charge in [-0.05, 0) is 39.5 Å². The maximum atomic E-state index is 12.0. The lowest BCUT2D eigenvalue weighted by Crippen LogP contribution is -2.52. The summed E-state index contributed by atoms with van der Waals surface area (Å²) in [5.74, 6) is -0.0653. The van der Waals surface area contributed by atoms with Crippen LogP contribution in [0.4, 0.5) is 0 Å². The molecule has 0 saturated heterocycles. The fourth-order valence-corrected chi connectivity index (χ4v) is 1.90. The molecule has 0 heterocycles. The minimum Gasteiger partial charge on any atom is -0.352 e. The number of carbonyl (C=O) groups excluding carboxylic acids is 2. The van der Waals surface area contributed by atoms with Crippen molar-refractivity contribution in [2.75, 3.05) is 0 Å². The monoisotopic (exact) mass is 269 g/mol. The van der Waals surface area contributed by atoms with Gasteiger partial charge in [0.25, 0.3) is 0 Å². The highest BCUT2D eigenvalue weighted by Crippen LogP contribution is 2.18. The van der Waals surface area contributed by atoms with Gasteiger partial charge in [-0.15, -0.1) is 0 Å². The second kappa shape index (κ2) is 7.48. The summed E-state index contributed by atoms with van der Waals surface area (Å²) in [6.45, 7) is 7.69. The number of hydrogen-bond donors (Lipinski definition) is 3. The fourth-order valence-electron chi connectivity index (χ4n) is 1.90. The zero-order chi connectivity index (χ0) is 14.4. The highest BCUT2D eigenvalue weighted by Gasteiger charge is 2.27. The third-order valence-corrected chi connectivity index (χ3v) is 3.54. The summed E-state index contributed by atoms with van der Waals surface area (Å²) in [5, 5.41) is 8.95. The first-order valence-electron chi connectivity index (χ1n) is 7.34. The Bertz CT molecular complexity index is 312. The molecule has 0 aliphatic heterocycles. The lowest BCUT2D eigenvalue weighted by Gasteiger charge is -2.22. The molecular weight excluding hydrogens is 242 g/mol. The van der Waals surface area contributed by atoms with Crippen molar-refractivity contribution in [2.24, 2.45) is 0 Å². The summed E-state index contributed by atoms with van der Waals surface area (Å²) in [7, 11) is 0. The molecular formula is C14H27N3O2. The molecule has 19 heavy (non-hydrogen) atoms. The van der Waals surface area contributed by atoms with Crippen LogP contribution in [0.15, 0.2) is 0 Å². The molecule has 5 nitrogen and oxygen atoms in total. The SMILES string of the molecule is CCC(CC)NC(=O)C(C)NC(C)C(=O)NC1CC1. The number of amides is 2. The topological polar surface area (TPSA) is 70.2 Å². The number of nitrogens with one attached hydrogen (secondary N) is 3.